The third kappa shape index (κ3) is 5.00. The van der Waals surface area contributed by atoms with Gasteiger partial charge in [-0.05, 0) is 115 Å². The smallest absolute Gasteiger partial charge is 0.272 e. The van der Waals surface area contributed by atoms with Gasteiger partial charge in [0.25, 0.3) is 5.56 Å². The van der Waals surface area contributed by atoms with Crippen molar-refractivity contribution in [3.05, 3.63) is 105 Å². The molecule has 258 valence electrons. The van der Waals surface area contributed by atoms with Crippen LogP contribution in [0.4, 0.5) is 10.1 Å². The van der Waals surface area contributed by atoms with Crippen molar-refractivity contribution in [1.82, 2.24) is 25.0 Å². The first-order valence-electron chi connectivity index (χ1n) is 17.8. The monoisotopic (exact) mass is 676 g/mol. The average molecular weight is 677 g/mol. The lowest BCUT2D eigenvalue weighted by Gasteiger charge is -2.50. The molecule has 4 aliphatic rings. The molecule has 3 heterocycles. The predicted molar refractivity (Wildman–Crippen MR) is 186 cm³/mol. The molecule has 0 radical (unpaired) electrons. The highest BCUT2D eigenvalue weighted by molar-refractivity contribution is 5.97. The van der Waals surface area contributed by atoms with Gasteiger partial charge >= 0.3 is 0 Å². The van der Waals surface area contributed by atoms with Gasteiger partial charge in [-0.15, -0.1) is 0 Å². The lowest BCUT2D eigenvalue weighted by Crippen LogP contribution is -2.45. The number of hydrogen-bond donors (Lipinski definition) is 3. The summed E-state index contributed by atoms with van der Waals surface area (Å²) in [4.78, 5) is 17.1. The lowest BCUT2D eigenvalue weighted by molar-refractivity contribution is -0.0693. The zero-order valence-electron chi connectivity index (χ0n) is 28.2. The molecule has 2 aromatic heterocycles. The van der Waals surface area contributed by atoms with Crippen LogP contribution in [0.2, 0.25) is 0 Å². The first-order chi connectivity index (χ1) is 24.3. The maximum Gasteiger partial charge on any atom is 0.272 e. The van der Waals surface area contributed by atoms with Gasteiger partial charge in [0, 0.05) is 18.1 Å². The third-order valence-corrected chi connectivity index (χ3v) is 12.4. The van der Waals surface area contributed by atoms with Crippen LogP contribution in [-0.4, -0.2) is 49.4 Å². The number of rotatable bonds is 7. The van der Waals surface area contributed by atoms with Crippen LogP contribution in [0.5, 0.6) is 11.5 Å². The summed E-state index contributed by atoms with van der Waals surface area (Å²) in [5.74, 6) is 2.81. The Morgan fingerprint density at radius 3 is 2.74 bits per heavy atom. The number of aromatic hydroxyl groups is 1. The Bertz CT molecular complexity index is 2150. The van der Waals surface area contributed by atoms with Gasteiger partial charge in [0.1, 0.15) is 36.1 Å². The van der Waals surface area contributed by atoms with Gasteiger partial charge in [0.05, 0.1) is 35.8 Å². The topological polar surface area (TPSA) is 127 Å². The molecule has 0 saturated heterocycles. The van der Waals surface area contributed by atoms with Crippen LogP contribution in [0.15, 0.2) is 65.7 Å². The van der Waals surface area contributed by atoms with Crippen LogP contribution >= 0.6 is 0 Å². The summed E-state index contributed by atoms with van der Waals surface area (Å²) < 4.78 is 29.1. The van der Waals surface area contributed by atoms with Crippen LogP contribution in [-0.2, 0) is 18.2 Å². The van der Waals surface area contributed by atoms with Crippen molar-refractivity contribution in [3.63, 3.8) is 0 Å². The van der Waals surface area contributed by atoms with E-state index in [0.29, 0.717) is 59.3 Å². The SMILES string of the molecule is Cn1ncnc1C1c2n[nH]c(=O)c3cc(F)cc(c23)NC1c1ccc(OCCO[C@H]2CC[C@H]3[C@@H]4CCc5cc(O)ccc5[C@H]4CC[C@]23C)cc1. The quantitative estimate of drug-likeness (QED) is 0.167. The maximum absolute atomic E-state index is 14.6. The zero-order chi connectivity index (χ0) is 34.1. The Hall–Kier alpha value is -4.77. The number of aryl methyl sites for hydroxylation is 2. The molecular formula is C39H41FN6O4. The molecule has 9 rings (SSSR count). The number of halogens is 1. The number of ether oxygens (including phenoxy) is 2. The van der Waals surface area contributed by atoms with E-state index in [-0.39, 0.29) is 22.9 Å². The van der Waals surface area contributed by atoms with Crippen LogP contribution in [0.1, 0.15) is 85.1 Å². The number of hydrogen-bond acceptors (Lipinski definition) is 8. The molecule has 2 saturated carbocycles. The van der Waals surface area contributed by atoms with Crippen molar-refractivity contribution < 1.29 is 19.0 Å². The summed E-state index contributed by atoms with van der Waals surface area (Å²) in [6.07, 6.45) is 8.60. The first kappa shape index (κ1) is 31.2. The number of nitrogens with zero attached hydrogens (tertiary/aromatic N) is 4. The summed E-state index contributed by atoms with van der Waals surface area (Å²) in [6.45, 7) is 3.43. The van der Waals surface area contributed by atoms with E-state index in [1.807, 2.05) is 43.4 Å². The minimum Gasteiger partial charge on any atom is -0.508 e. The van der Waals surface area contributed by atoms with Gasteiger partial charge in [-0.2, -0.15) is 10.2 Å². The highest BCUT2D eigenvalue weighted by Crippen LogP contribution is 2.61. The molecule has 3 aromatic carbocycles. The van der Waals surface area contributed by atoms with Gasteiger partial charge in [-0.3, -0.25) is 9.48 Å². The molecule has 11 heteroatoms. The van der Waals surface area contributed by atoms with E-state index in [1.54, 1.807) is 4.68 Å². The second-order valence-electron chi connectivity index (χ2n) is 14.9. The summed E-state index contributed by atoms with van der Waals surface area (Å²) in [6, 6.07) is 16.2. The van der Waals surface area contributed by atoms with Crippen molar-refractivity contribution >= 4 is 16.5 Å². The van der Waals surface area contributed by atoms with Crippen LogP contribution in [0.3, 0.4) is 0 Å². The van der Waals surface area contributed by atoms with E-state index in [9.17, 15) is 14.3 Å². The molecule has 10 nitrogen and oxygen atoms in total. The fraction of sp³-hybridized carbons (Fsp3) is 0.436. The van der Waals surface area contributed by atoms with Crippen molar-refractivity contribution in [1.29, 1.82) is 0 Å². The molecule has 50 heavy (non-hydrogen) atoms. The number of benzene rings is 3. The summed E-state index contributed by atoms with van der Waals surface area (Å²) >= 11 is 0. The fourth-order valence-corrected chi connectivity index (χ4v) is 10.1. The summed E-state index contributed by atoms with van der Waals surface area (Å²) in [5.41, 5.74) is 4.57. The van der Waals surface area contributed by atoms with Gasteiger partial charge in [0.15, 0.2) is 0 Å². The molecule has 2 unspecified atom stereocenters. The number of phenols is 1. The third-order valence-electron chi connectivity index (χ3n) is 12.4. The van der Waals surface area contributed by atoms with E-state index in [1.165, 1.54) is 48.8 Å². The van der Waals surface area contributed by atoms with Gasteiger partial charge in [-0.25, -0.2) is 14.5 Å². The number of nitrogens with one attached hydrogen (secondary N) is 2. The molecule has 0 amide bonds. The number of aromatic amines is 1. The highest BCUT2D eigenvalue weighted by atomic mass is 19.1. The van der Waals surface area contributed by atoms with Gasteiger partial charge in [0.2, 0.25) is 0 Å². The number of aromatic nitrogens is 5. The van der Waals surface area contributed by atoms with Crippen LogP contribution < -0.4 is 15.6 Å². The molecule has 5 aromatic rings. The highest BCUT2D eigenvalue weighted by Gasteiger charge is 2.55. The number of phenolic OH excluding ortho intramolecular Hbond substituents is 1. The Labute approximate surface area is 289 Å². The minimum absolute atomic E-state index is 0.178. The van der Waals surface area contributed by atoms with Crippen LogP contribution in [0, 0.1) is 23.1 Å². The number of H-pyrrole nitrogens is 1. The summed E-state index contributed by atoms with van der Waals surface area (Å²) in [7, 11) is 1.82. The second kappa shape index (κ2) is 11.9. The first-order valence-corrected chi connectivity index (χ1v) is 17.8. The van der Waals surface area contributed by atoms with E-state index < -0.39 is 17.3 Å². The van der Waals surface area contributed by atoms with Crippen molar-refractivity contribution in [2.45, 2.75) is 69.4 Å². The maximum atomic E-state index is 14.6. The molecular weight excluding hydrogens is 635 g/mol. The molecule has 3 aliphatic carbocycles. The number of anilines is 1. The summed E-state index contributed by atoms with van der Waals surface area (Å²) in [5, 5.41) is 25.6. The van der Waals surface area contributed by atoms with Gasteiger partial charge < -0.3 is 19.9 Å². The zero-order valence-corrected chi connectivity index (χ0v) is 28.2. The standard InChI is InChI=1S/C39H41FN6O4/c1-39-14-13-27-26-10-6-24(47)17-22(26)5-9-28(27)30(39)11-12-32(39)50-16-15-49-25-7-3-21(4-8-25)35-34(37-41-20-42-46(37)2)36-33-29(38(48)45-44-36)18-23(40)19-31(33)43-35/h3-4,6-8,10,17-20,27-28,30,32,34-35,43,47H,5,9,11-16H2,1-2H3,(H,45,48)/t27-,28-,30+,32+,34?,35?,39+/m1/s1. The van der Waals surface area contributed by atoms with Crippen molar-refractivity contribution in [2.24, 2.45) is 24.3 Å². The molecule has 1 aliphatic heterocycles. The molecule has 7 atom stereocenters. The Kier molecular flexibility index (Phi) is 7.45. The van der Waals surface area contributed by atoms with Gasteiger partial charge in [-0.1, -0.05) is 25.1 Å². The normalized spacial score (nSPS) is 28.1. The average Bonchev–Trinajstić information content (AvgIpc) is 3.69. The Morgan fingerprint density at radius 2 is 1.92 bits per heavy atom. The van der Waals surface area contributed by atoms with Crippen LogP contribution in [0.25, 0.3) is 10.8 Å². The molecule has 3 N–H and O–H groups in total. The largest absolute Gasteiger partial charge is 0.508 e. The second-order valence-corrected chi connectivity index (χ2v) is 14.9. The predicted octanol–water partition coefficient (Wildman–Crippen LogP) is 6.52. The van der Waals surface area contributed by atoms with Crippen molar-refractivity contribution in [2.75, 3.05) is 18.5 Å². The van der Waals surface area contributed by atoms with E-state index in [0.717, 1.165) is 30.6 Å². The lowest BCUT2D eigenvalue weighted by atomic mass is 9.55. The van der Waals surface area contributed by atoms with Crippen molar-refractivity contribution in [3.8, 4) is 11.5 Å². The fourth-order valence-electron chi connectivity index (χ4n) is 10.1. The molecule has 2 fully saturated rings. The van der Waals surface area contributed by atoms with E-state index in [2.05, 4.69) is 38.6 Å². The molecule has 0 spiro atoms. The Morgan fingerprint density at radius 1 is 1.06 bits per heavy atom. The van der Waals surface area contributed by atoms with E-state index in [4.69, 9.17) is 9.47 Å². The minimum atomic E-state index is -0.499. The molecule has 0 bridgehead atoms. The number of fused-ring (bicyclic) bond motifs is 5. The van der Waals surface area contributed by atoms with E-state index >= 15 is 0 Å². The Balaban J connectivity index is 0.870.